The molecular weight excluding hydrogens is 282 g/mol. The van der Waals surface area contributed by atoms with Crippen LogP contribution in [0.4, 0.5) is 5.95 Å². The molecule has 0 radical (unpaired) electrons. The second-order valence-electron chi connectivity index (χ2n) is 3.88. The number of anilines is 1. The van der Waals surface area contributed by atoms with Gasteiger partial charge in [-0.2, -0.15) is 0 Å². The maximum Gasteiger partial charge on any atom is 0.248 e. The monoisotopic (exact) mass is 295 g/mol. The molecule has 1 heterocycles. The van der Waals surface area contributed by atoms with Crippen LogP contribution >= 0.6 is 23.8 Å². The van der Waals surface area contributed by atoms with Crippen LogP contribution in [0.25, 0.3) is 0 Å². The summed E-state index contributed by atoms with van der Waals surface area (Å²) in [6, 6.07) is 7.64. The van der Waals surface area contributed by atoms with Crippen molar-refractivity contribution in [3.8, 4) is 0 Å². The van der Waals surface area contributed by atoms with Gasteiger partial charge in [0.05, 0.1) is 6.54 Å². The third-order valence-corrected chi connectivity index (χ3v) is 2.81. The van der Waals surface area contributed by atoms with Crippen LogP contribution in [0.1, 0.15) is 12.5 Å². The van der Waals surface area contributed by atoms with Crippen LogP contribution in [0, 0.1) is 0 Å². The Bertz CT molecular complexity index is 569. The maximum atomic E-state index is 5.94. The number of nitrogens with zero attached hydrogens (tertiary/aromatic N) is 3. The summed E-state index contributed by atoms with van der Waals surface area (Å²) >= 11 is 11.0. The first kappa shape index (κ1) is 13.8. The van der Waals surface area contributed by atoms with E-state index in [1.54, 1.807) is 11.0 Å². The van der Waals surface area contributed by atoms with Crippen LogP contribution < -0.4 is 10.6 Å². The lowest BCUT2D eigenvalue weighted by Gasteiger charge is -2.04. The summed E-state index contributed by atoms with van der Waals surface area (Å²) in [7, 11) is 0. The summed E-state index contributed by atoms with van der Waals surface area (Å²) in [6.07, 6.45) is 1.65. The van der Waals surface area contributed by atoms with E-state index in [9.17, 15) is 0 Å². The molecule has 0 saturated carbocycles. The summed E-state index contributed by atoms with van der Waals surface area (Å²) in [5.41, 5.74) is 1.07. The lowest BCUT2D eigenvalue weighted by Crippen LogP contribution is -2.28. The molecule has 2 rings (SSSR count). The van der Waals surface area contributed by atoms with Gasteiger partial charge in [0.1, 0.15) is 6.33 Å². The van der Waals surface area contributed by atoms with Gasteiger partial charge < -0.3 is 5.32 Å². The molecule has 0 aliphatic heterocycles. The normalized spacial score (nSPS) is 10.2. The first-order valence-electron chi connectivity index (χ1n) is 5.86. The van der Waals surface area contributed by atoms with Crippen LogP contribution in [-0.4, -0.2) is 26.4 Å². The Morgan fingerprint density at radius 1 is 1.47 bits per heavy atom. The molecule has 0 aliphatic rings. The Labute approximate surface area is 122 Å². The molecule has 7 heteroatoms. The van der Waals surface area contributed by atoms with Gasteiger partial charge in [0.15, 0.2) is 5.11 Å². The zero-order valence-electron chi connectivity index (χ0n) is 10.4. The first-order chi connectivity index (χ1) is 9.17. The Balaban J connectivity index is 1.99. The number of hydrogen-bond donors (Lipinski definition) is 2. The molecular formula is C12H14ClN5S. The molecule has 0 spiro atoms. The van der Waals surface area contributed by atoms with Gasteiger partial charge in [-0.15, -0.1) is 5.10 Å². The van der Waals surface area contributed by atoms with Crippen molar-refractivity contribution < 1.29 is 0 Å². The van der Waals surface area contributed by atoms with Crippen LogP contribution in [0.15, 0.2) is 30.6 Å². The lowest BCUT2D eigenvalue weighted by atomic mass is 10.2. The Morgan fingerprint density at radius 3 is 3.05 bits per heavy atom. The van der Waals surface area contributed by atoms with E-state index in [0.717, 1.165) is 12.1 Å². The molecule has 0 unspecified atom stereocenters. The first-order valence-corrected chi connectivity index (χ1v) is 6.64. The van der Waals surface area contributed by atoms with E-state index in [1.807, 2.05) is 31.2 Å². The molecule has 0 amide bonds. The highest BCUT2D eigenvalue weighted by Crippen LogP contribution is 2.11. The number of rotatable bonds is 4. The maximum absolute atomic E-state index is 5.94. The van der Waals surface area contributed by atoms with E-state index in [2.05, 4.69) is 20.7 Å². The molecule has 100 valence electrons. The number of aromatic nitrogens is 3. The molecule has 5 nitrogen and oxygen atoms in total. The topological polar surface area (TPSA) is 54.8 Å². The van der Waals surface area contributed by atoms with E-state index >= 15 is 0 Å². The van der Waals surface area contributed by atoms with Crippen molar-refractivity contribution in [2.45, 2.75) is 13.5 Å². The molecule has 2 aromatic rings. The van der Waals surface area contributed by atoms with Crippen molar-refractivity contribution in [3.05, 3.63) is 41.2 Å². The van der Waals surface area contributed by atoms with Gasteiger partial charge in [0, 0.05) is 11.6 Å². The Hall–Kier alpha value is -1.66. The van der Waals surface area contributed by atoms with Crippen LogP contribution in [-0.2, 0) is 6.54 Å². The third kappa shape index (κ3) is 4.18. The predicted molar refractivity (Wildman–Crippen MR) is 80.5 cm³/mol. The Morgan fingerprint density at radius 2 is 2.32 bits per heavy atom. The highest BCUT2D eigenvalue weighted by molar-refractivity contribution is 7.80. The zero-order chi connectivity index (χ0) is 13.7. The minimum atomic E-state index is 0.480. The minimum Gasteiger partial charge on any atom is -0.363 e. The summed E-state index contributed by atoms with van der Waals surface area (Å²) < 4.78 is 1.72. The smallest absolute Gasteiger partial charge is 0.248 e. The van der Waals surface area contributed by atoms with Gasteiger partial charge in [0.2, 0.25) is 5.95 Å². The Kier molecular flexibility index (Phi) is 4.70. The van der Waals surface area contributed by atoms with Crippen molar-refractivity contribution in [1.29, 1.82) is 0 Å². The highest BCUT2D eigenvalue weighted by atomic mass is 35.5. The van der Waals surface area contributed by atoms with Crippen molar-refractivity contribution in [1.82, 2.24) is 20.1 Å². The SMILES string of the molecule is CCNC(=S)Nc1ncn(Cc2cccc(Cl)c2)n1. The summed E-state index contributed by atoms with van der Waals surface area (Å²) in [4.78, 5) is 4.14. The van der Waals surface area contributed by atoms with Gasteiger partial charge in [-0.3, -0.25) is 5.32 Å². The molecule has 0 saturated heterocycles. The molecule has 0 bridgehead atoms. The molecule has 1 aromatic carbocycles. The second-order valence-corrected chi connectivity index (χ2v) is 4.72. The number of halogens is 1. The molecule has 0 atom stereocenters. The van der Waals surface area contributed by atoms with Crippen molar-refractivity contribution in [2.24, 2.45) is 0 Å². The third-order valence-electron chi connectivity index (χ3n) is 2.33. The van der Waals surface area contributed by atoms with Crippen molar-refractivity contribution in [3.63, 3.8) is 0 Å². The standard InChI is InChI=1S/C12H14ClN5S/c1-2-14-12(19)16-11-15-8-18(17-11)7-9-4-3-5-10(13)6-9/h3-6,8H,2,7H2,1H3,(H2,14,16,17,19). The van der Waals surface area contributed by atoms with Gasteiger partial charge in [-0.05, 0) is 36.8 Å². The highest BCUT2D eigenvalue weighted by Gasteiger charge is 2.03. The van der Waals surface area contributed by atoms with Gasteiger partial charge >= 0.3 is 0 Å². The fourth-order valence-corrected chi connectivity index (χ4v) is 2.01. The van der Waals surface area contributed by atoms with E-state index in [4.69, 9.17) is 23.8 Å². The summed E-state index contributed by atoms with van der Waals surface area (Å²) in [5, 5.41) is 11.4. The predicted octanol–water partition coefficient (Wildman–Crippen LogP) is 2.29. The van der Waals surface area contributed by atoms with E-state index in [0.29, 0.717) is 22.6 Å². The average Bonchev–Trinajstić information content (AvgIpc) is 2.76. The van der Waals surface area contributed by atoms with E-state index in [1.165, 1.54) is 0 Å². The lowest BCUT2D eigenvalue weighted by molar-refractivity contribution is 0.687. The van der Waals surface area contributed by atoms with Crippen LogP contribution in [0.3, 0.4) is 0 Å². The van der Waals surface area contributed by atoms with Gasteiger partial charge in [0.25, 0.3) is 0 Å². The fourth-order valence-electron chi connectivity index (χ4n) is 1.56. The molecule has 0 aliphatic carbocycles. The second kappa shape index (κ2) is 6.49. The quantitative estimate of drug-likeness (QED) is 0.848. The van der Waals surface area contributed by atoms with Crippen LogP contribution in [0.5, 0.6) is 0 Å². The van der Waals surface area contributed by atoms with Crippen LogP contribution in [0.2, 0.25) is 5.02 Å². The number of thiocarbonyl (C=S) groups is 1. The van der Waals surface area contributed by atoms with Gasteiger partial charge in [-0.1, -0.05) is 23.7 Å². The fraction of sp³-hybridized carbons (Fsp3) is 0.250. The average molecular weight is 296 g/mol. The number of nitrogens with one attached hydrogen (secondary N) is 2. The van der Waals surface area contributed by atoms with Gasteiger partial charge in [-0.25, -0.2) is 9.67 Å². The minimum absolute atomic E-state index is 0.480. The van der Waals surface area contributed by atoms with E-state index in [-0.39, 0.29) is 0 Å². The number of hydrogen-bond acceptors (Lipinski definition) is 3. The summed E-state index contributed by atoms with van der Waals surface area (Å²) in [5.74, 6) is 0.480. The largest absolute Gasteiger partial charge is 0.363 e. The molecule has 1 aromatic heterocycles. The molecule has 2 N–H and O–H groups in total. The zero-order valence-corrected chi connectivity index (χ0v) is 12.0. The molecule has 0 fully saturated rings. The van der Waals surface area contributed by atoms with Crippen molar-refractivity contribution >= 4 is 34.9 Å². The molecule has 19 heavy (non-hydrogen) atoms. The van der Waals surface area contributed by atoms with Crippen molar-refractivity contribution in [2.75, 3.05) is 11.9 Å². The summed E-state index contributed by atoms with van der Waals surface area (Å²) in [6.45, 7) is 3.34. The number of benzene rings is 1. The van der Waals surface area contributed by atoms with E-state index < -0.39 is 0 Å².